The molecule has 0 aliphatic rings. The van der Waals surface area contributed by atoms with Crippen molar-refractivity contribution in [2.75, 3.05) is 6.54 Å². The number of H-pyrrole nitrogens is 1. The van der Waals surface area contributed by atoms with E-state index in [1.165, 1.54) is 19.1 Å². The van der Waals surface area contributed by atoms with Crippen molar-refractivity contribution in [1.82, 2.24) is 20.6 Å². The maximum atomic E-state index is 12.4. The van der Waals surface area contributed by atoms with Crippen molar-refractivity contribution in [3.05, 3.63) is 48.0 Å². The Labute approximate surface area is 155 Å². The van der Waals surface area contributed by atoms with Gasteiger partial charge in [0, 0.05) is 38.2 Å². The molecule has 0 fully saturated rings. The molecule has 0 bridgehead atoms. The highest BCUT2D eigenvalue weighted by atomic mass is 31.2. The van der Waals surface area contributed by atoms with Crippen molar-refractivity contribution in [1.29, 1.82) is 0 Å². The molecule has 27 heavy (non-hydrogen) atoms. The Morgan fingerprint density at radius 2 is 2.00 bits per heavy atom. The molecule has 2 amide bonds. The van der Waals surface area contributed by atoms with Gasteiger partial charge in [-0.05, 0) is 17.7 Å². The Morgan fingerprint density at radius 1 is 1.30 bits per heavy atom. The van der Waals surface area contributed by atoms with Crippen LogP contribution in [0.5, 0.6) is 5.75 Å². The van der Waals surface area contributed by atoms with Crippen LogP contribution in [0.2, 0.25) is 0 Å². The fourth-order valence-corrected chi connectivity index (χ4v) is 2.78. The Hall–Kier alpha value is -2.68. The number of nitrogens with zero attached hydrogens (tertiary/aromatic N) is 1. The maximum Gasteiger partial charge on any atom is 0.524 e. The van der Waals surface area contributed by atoms with Gasteiger partial charge in [0.1, 0.15) is 11.8 Å². The molecule has 10 nitrogen and oxygen atoms in total. The fourth-order valence-electron chi connectivity index (χ4n) is 2.38. The van der Waals surface area contributed by atoms with Crippen molar-refractivity contribution >= 4 is 19.6 Å². The number of imidazole rings is 1. The zero-order valence-electron chi connectivity index (χ0n) is 14.6. The molecule has 0 unspecified atom stereocenters. The minimum atomic E-state index is -4.63. The number of hydrogen-bond donors (Lipinski definition) is 5. The van der Waals surface area contributed by atoms with Crippen LogP contribution in [0.15, 0.2) is 36.8 Å². The summed E-state index contributed by atoms with van der Waals surface area (Å²) in [5.41, 5.74) is 1.57. The van der Waals surface area contributed by atoms with Crippen LogP contribution in [0, 0.1) is 0 Å². The molecule has 5 N–H and O–H groups in total. The van der Waals surface area contributed by atoms with E-state index >= 15 is 0 Å². The molecule has 1 aromatic heterocycles. The van der Waals surface area contributed by atoms with Gasteiger partial charge in [-0.3, -0.25) is 19.4 Å². The minimum Gasteiger partial charge on any atom is -0.404 e. The summed E-state index contributed by atoms with van der Waals surface area (Å²) in [6, 6.07) is 5.12. The second-order valence-electron chi connectivity index (χ2n) is 5.80. The van der Waals surface area contributed by atoms with Gasteiger partial charge < -0.3 is 20.1 Å². The van der Waals surface area contributed by atoms with Gasteiger partial charge in [-0.15, -0.1) is 0 Å². The highest BCUT2D eigenvalue weighted by molar-refractivity contribution is 7.46. The van der Waals surface area contributed by atoms with Gasteiger partial charge in [-0.2, -0.15) is 0 Å². The molecule has 146 valence electrons. The molecule has 2 aromatic rings. The van der Waals surface area contributed by atoms with Gasteiger partial charge in [0.15, 0.2) is 0 Å². The standard InChI is InChI=1S/C16H21N4O6P/c1-11(21)20-15(16(22)18-7-6-13-9-17-10-19-13)8-12-2-4-14(5-3-12)26-27(23,24)25/h2-5,9-10,15H,6-8H2,1H3,(H,17,19)(H,18,22)(H,20,21)(H2,23,24,25)/t15-/m0/s1. The number of carbonyl (C=O) groups excluding carboxylic acids is 2. The predicted octanol–water partition coefficient (Wildman–Crippen LogP) is 0.287. The zero-order valence-corrected chi connectivity index (χ0v) is 15.5. The first-order chi connectivity index (χ1) is 12.7. The third-order valence-corrected chi connectivity index (χ3v) is 3.98. The van der Waals surface area contributed by atoms with E-state index in [2.05, 4.69) is 25.1 Å². The van der Waals surface area contributed by atoms with Crippen LogP contribution in [0.4, 0.5) is 0 Å². The number of carbonyl (C=O) groups is 2. The Kier molecular flexibility index (Phi) is 7.12. The third-order valence-electron chi connectivity index (χ3n) is 3.53. The summed E-state index contributed by atoms with van der Waals surface area (Å²) in [4.78, 5) is 48.2. The molecule has 0 spiro atoms. The lowest BCUT2D eigenvalue weighted by Crippen LogP contribution is -2.47. The van der Waals surface area contributed by atoms with Crippen molar-refractivity contribution in [3.8, 4) is 5.75 Å². The molecule has 0 radical (unpaired) electrons. The van der Waals surface area contributed by atoms with Crippen LogP contribution in [-0.4, -0.2) is 44.2 Å². The number of hydrogen-bond acceptors (Lipinski definition) is 5. The van der Waals surface area contributed by atoms with E-state index < -0.39 is 13.9 Å². The maximum absolute atomic E-state index is 12.4. The molecule has 0 aliphatic carbocycles. The molecular weight excluding hydrogens is 375 g/mol. The predicted molar refractivity (Wildman–Crippen MR) is 95.7 cm³/mol. The minimum absolute atomic E-state index is 0.00664. The van der Waals surface area contributed by atoms with E-state index in [4.69, 9.17) is 9.79 Å². The first-order valence-corrected chi connectivity index (χ1v) is 9.62. The van der Waals surface area contributed by atoms with Crippen molar-refractivity contribution in [2.45, 2.75) is 25.8 Å². The van der Waals surface area contributed by atoms with E-state index in [1.807, 2.05) is 0 Å². The summed E-state index contributed by atoms with van der Waals surface area (Å²) < 4.78 is 15.3. The summed E-state index contributed by atoms with van der Waals surface area (Å²) in [6.45, 7) is 1.70. The molecule has 0 saturated heterocycles. The lowest BCUT2D eigenvalue weighted by Gasteiger charge is -2.18. The summed E-state index contributed by atoms with van der Waals surface area (Å²) in [6.07, 6.45) is 4.01. The first kappa shape index (κ1) is 20.6. The van der Waals surface area contributed by atoms with Crippen LogP contribution < -0.4 is 15.2 Å². The number of aromatic nitrogens is 2. The van der Waals surface area contributed by atoms with Crippen LogP contribution in [0.1, 0.15) is 18.2 Å². The van der Waals surface area contributed by atoms with Crippen LogP contribution in [0.3, 0.4) is 0 Å². The van der Waals surface area contributed by atoms with E-state index in [-0.39, 0.29) is 24.0 Å². The SMILES string of the molecule is CC(=O)N[C@@H](Cc1ccc(OP(=O)(O)O)cc1)C(=O)NCCc1cnc[nH]1. The van der Waals surface area contributed by atoms with Crippen molar-refractivity contribution in [3.63, 3.8) is 0 Å². The molecule has 1 heterocycles. The Balaban J connectivity index is 1.95. The molecule has 1 aromatic carbocycles. The van der Waals surface area contributed by atoms with E-state index in [0.717, 1.165) is 5.69 Å². The van der Waals surface area contributed by atoms with Gasteiger partial charge in [-0.1, -0.05) is 12.1 Å². The summed E-state index contributed by atoms with van der Waals surface area (Å²) in [5, 5.41) is 5.36. The number of rotatable bonds is 9. The Bertz CT molecular complexity index is 803. The Morgan fingerprint density at radius 3 is 2.56 bits per heavy atom. The monoisotopic (exact) mass is 396 g/mol. The van der Waals surface area contributed by atoms with Crippen molar-refractivity contribution < 1.29 is 28.5 Å². The smallest absolute Gasteiger partial charge is 0.404 e. The van der Waals surface area contributed by atoms with Crippen LogP contribution >= 0.6 is 7.82 Å². The topological polar surface area (TPSA) is 154 Å². The second kappa shape index (κ2) is 9.31. The third kappa shape index (κ3) is 7.61. The average Bonchev–Trinajstić information content (AvgIpc) is 3.07. The van der Waals surface area contributed by atoms with E-state index in [0.29, 0.717) is 18.5 Å². The second-order valence-corrected chi connectivity index (χ2v) is 6.96. The number of aromatic amines is 1. The largest absolute Gasteiger partial charge is 0.524 e. The van der Waals surface area contributed by atoms with Gasteiger partial charge >= 0.3 is 7.82 Å². The molecule has 11 heteroatoms. The lowest BCUT2D eigenvalue weighted by atomic mass is 10.0. The first-order valence-electron chi connectivity index (χ1n) is 8.09. The summed E-state index contributed by atoms with van der Waals surface area (Å²) >= 11 is 0. The molecule has 2 rings (SSSR count). The van der Waals surface area contributed by atoms with Gasteiger partial charge in [-0.25, -0.2) is 9.55 Å². The van der Waals surface area contributed by atoms with Crippen LogP contribution in [-0.2, 0) is 27.0 Å². The molecule has 1 atom stereocenters. The fraction of sp³-hybridized carbons (Fsp3) is 0.312. The van der Waals surface area contributed by atoms with Crippen LogP contribution in [0.25, 0.3) is 0 Å². The normalized spacial score (nSPS) is 12.3. The highest BCUT2D eigenvalue weighted by Gasteiger charge is 2.20. The molecule has 0 saturated carbocycles. The summed E-state index contributed by atoms with van der Waals surface area (Å²) in [5.74, 6) is -0.669. The van der Waals surface area contributed by atoms with Crippen molar-refractivity contribution in [2.24, 2.45) is 0 Å². The van der Waals surface area contributed by atoms with Gasteiger partial charge in [0.05, 0.1) is 6.33 Å². The number of benzene rings is 1. The lowest BCUT2D eigenvalue weighted by molar-refractivity contribution is -0.128. The average molecular weight is 396 g/mol. The van der Waals surface area contributed by atoms with E-state index in [9.17, 15) is 14.2 Å². The van der Waals surface area contributed by atoms with Gasteiger partial charge in [0.2, 0.25) is 11.8 Å². The molecule has 0 aliphatic heterocycles. The highest BCUT2D eigenvalue weighted by Crippen LogP contribution is 2.37. The zero-order chi connectivity index (χ0) is 19.9. The number of phosphoric ester groups is 1. The number of amides is 2. The quantitative estimate of drug-likeness (QED) is 0.382. The number of nitrogens with one attached hydrogen (secondary N) is 3. The molecular formula is C16H21N4O6P. The van der Waals surface area contributed by atoms with Gasteiger partial charge in [0.25, 0.3) is 0 Å². The van der Waals surface area contributed by atoms with E-state index in [1.54, 1.807) is 24.7 Å². The summed E-state index contributed by atoms with van der Waals surface area (Å²) in [7, 11) is -4.63. The number of phosphoric acid groups is 1.